The van der Waals surface area contributed by atoms with Crippen LogP contribution in [0.2, 0.25) is 0 Å². The standard InChI is InChI=1S/C45H89NO4/c1-5-7-9-11-13-15-17-19-21-23-25-27-29-31-33-35-39-49-41-37-46(43-45(48-4)44-47-3)38-42-50-40-36-34-32-30-28-26-24-22-20-18-16-14-12-10-8-6-2/h19-22,45H,5-18,23-44H2,1-4H3/b21-19-,22-20-. The predicted octanol–water partition coefficient (Wildman–Crippen LogP) is 13.1. The van der Waals surface area contributed by atoms with Crippen LogP contribution in [0.3, 0.4) is 0 Å². The molecule has 0 fully saturated rings. The van der Waals surface area contributed by atoms with Crippen molar-refractivity contribution in [3.8, 4) is 0 Å². The van der Waals surface area contributed by atoms with E-state index in [1.807, 2.05) is 0 Å². The lowest BCUT2D eigenvalue weighted by Gasteiger charge is -2.26. The highest BCUT2D eigenvalue weighted by Crippen LogP contribution is 2.12. The van der Waals surface area contributed by atoms with Gasteiger partial charge in [0.05, 0.1) is 25.9 Å². The van der Waals surface area contributed by atoms with E-state index in [-0.39, 0.29) is 6.10 Å². The Labute approximate surface area is 314 Å². The minimum Gasteiger partial charge on any atom is -0.382 e. The summed E-state index contributed by atoms with van der Waals surface area (Å²) in [5.41, 5.74) is 0. The molecular weight excluding hydrogens is 618 g/mol. The van der Waals surface area contributed by atoms with Crippen molar-refractivity contribution < 1.29 is 18.9 Å². The number of rotatable bonds is 43. The second-order valence-electron chi connectivity index (χ2n) is 14.7. The number of nitrogens with zero attached hydrogens (tertiary/aromatic N) is 1. The van der Waals surface area contributed by atoms with Gasteiger partial charge in [-0.1, -0.05) is 154 Å². The van der Waals surface area contributed by atoms with Crippen molar-refractivity contribution in [2.24, 2.45) is 0 Å². The summed E-state index contributed by atoms with van der Waals surface area (Å²) < 4.78 is 23.1. The van der Waals surface area contributed by atoms with Gasteiger partial charge in [0.25, 0.3) is 0 Å². The minimum absolute atomic E-state index is 0.0756. The smallest absolute Gasteiger partial charge is 0.0931 e. The Morgan fingerprint density at radius 1 is 0.420 bits per heavy atom. The number of allylic oxidation sites excluding steroid dienone is 4. The van der Waals surface area contributed by atoms with E-state index < -0.39 is 0 Å². The molecule has 0 aromatic rings. The second kappa shape index (κ2) is 44.4. The van der Waals surface area contributed by atoms with E-state index in [1.165, 1.54) is 180 Å². The summed E-state index contributed by atoms with van der Waals surface area (Å²) in [7, 11) is 3.52. The average Bonchev–Trinajstić information content (AvgIpc) is 3.13. The molecule has 0 aromatic heterocycles. The summed E-state index contributed by atoms with van der Waals surface area (Å²) in [6.45, 7) is 11.1. The van der Waals surface area contributed by atoms with Gasteiger partial charge >= 0.3 is 0 Å². The molecule has 5 heteroatoms. The number of ether oxygens (including phenoxy) is 4. The van der Waals surface area contributed by atoms with Gasteiger partial charge in [0, 0.05) is 47.1 Å². The zero-order valence-electron chi connectivity index (χ0n) is 34.4. The molecule has 0 radical (unpaired) electrons. The maximum Gasteiger partial charge on any atom is 0.0931 e. The van der Waals surface area contributed by atoms with Crippen LogP contribution in [0.5, 0.6) is 0 Å². The molecule has 1 unspecified atom stereocenters. The molecule has 0 amide bonds. The largest absolute Gasteiger partial charge is 0.382 e. The van der Waals surface area contributed by atoms with Gasteiger partial charge in [0.1, 0.15) is 0 Å². The van der Waals surface area contributed by atoms with Crippen LogP contribution in [0.25, 0.3) is 0 Å². The molecule has 1 atom stereocenters. The van der Waals surface area contributed by atoms with Crippen LogP contribution in [0, 0.1) is 0 Å². The van der Waals surface area contributed by atoms with Crippen molar-refractivity contribution in [1.82, 2.24) is 4.90 Å². The third-order valence-electron chi connectivity index (χ3n) is 9.85. The fraction of sp³-hybridized carbons (Fsp3) is 0.911. The lowest BCUT2D eigenvalue weighted by Crippen LogP contribution is -2.39. The van der Waals surface area contributed by atoms with Crippen molar-refractivity contribution in [3.63, 3.8) is 0 Å². The first-order valence-electron chi connectivity index (χ1n) is 22.0. The third-order valence-corrected chi connectivity index (χ3v) is 9.85. The zero-order chi connectivity index (χ0) is 36.3. The molecule has 0 aliphatic rings. The molecule has 0 saturated carbocycles. The van der Waals surface area contributed by atoms with Gasteiger partial charge in [-0.05, 0) is 64.2 Å². The molecule has 0 N–H and O–H groups in total. The summed E-state index contributed by atoms with van der Waals surface area (Å²) in [6, 6.07) is 0. The maximum absolute atomic E-state index is 6.03. The number of hydrogen-bond donors (Lipinski definition) is 0. The molecule has 0 rings (SSSR count). The van der Waals surface area contributed by atoms with Gasteiger partial charge < -0.3 is 18.9 Å². The Morgan fingerprint density at radius 2 is 0.760 bits per heavy atom. The highest BCUT2D eigenvalue weighted by molar-refractivity contribution is 4.82. The lowest BCUT2D eigenvalue weighted by atomic mass is 10.1. The van der Waals surface area contributed by atoms with Gasteiger partial charge in [-0.25, -0.2) is 0 Å². The molecule has 0 spiro atoms. The Kier molecular flexibility index (Phi) is 43.8. The normalized spacial score (nSPS) is 12.7. The first kappa shape index (κ1) is 49.3. The van der Waals surface area contributed by atoms with E-state index in [2.05, 4.69) is 43.1 Å². The molecule has 298 valence electrons. The first-order chi connectivity index (χ1) is 24.8. The van der Waals surface area contributed by atoms with Crippen LogP contribution >= 0.6 is 0 Å². The van der Waals surface area contributed by atoms with Gasteiger partial charge in [-0.15, -0.1) is 0 Å². The SMILES string of the molecule is CCCCCCCC/C=C\CCCCCCCCOCCN(CCOCCCCCCCC/C=C\CCCCCCCC)CC(COC)OC. The summed E-state index contributed by atoms with van der Waals surface area (Å²) in [5, 5.41) is 0. The van der Waals surface area contributed by atoms with Crippen LogP contribution in [0.1, 0.15) is 194 Å². The van der Waals surface area contributed by atoms with E-state index in [0.29, 0.717) is 6.61 Å². The fourth-order valence-electron chi connectivity index (χ4n) is 6.46. The van der Waals surface area contributed by atoms with E-state index in [0.717, 1.165) is 46.1 Å². The van der Waals surface area contributed by atoms with Crippen molar-refractivity contribution in [3.05, 3.63) is 24.3 Å². The fourth-order valence-corrected chi connectivity index (χ4v) is 6.46. The molecule has 0 heterocycles. The summed E-state index contributed by atoms with van der Waals surface area (Å²) in [4.78, 5) is 2.41. The molecule has 5 nitrogen and oxygen atoms in total. The van der Waals surface area contributed by atoms with Crippen molar-refractivity contribution in [2.45, 2.75) is 200 Å². The minimum atomic E-state index is 0.0756. The number of hydrogen-bond acceptors (Lipinski definition) is 5. The summed E-state index contributed by atoms with van der Waals surface area (Å²) in [6.07, 6.45) is 47.2. The van der Waals surface area contributed by atoms with Crippen LogP contribution in [-0.2, 0) is 18.9 Å². The van der Waals surface area contributed by atoms with E-state index >= 15 is 0 Å². The third kappa shape index (κ3) is 40.1. The highest BCUT2D eigenvalue weighted by Gasteiger charge is 2.14. The molecule has 0 saturated heterocycles. The maximum atomic E-state index is 6.03. The Morgan fingerprint density at radius 3 is 1.10 bits per heavy atom. The molecule has 50 heavy (non-hydrogen) atoms. The highest BCUT2D eigenvalue weighted by atomic mass is 16.5. The van der Waals surface area contributed by atoms with Crippen LogP contribution in [0.4, 0.5) is 0 Å². The second-order valence-corrected chi connectivity index (χ2v) is 14.7. The van der Waals surface area contributed by atoms with Gasteiger partial charge in [0.15, 0.2) is 0 Å². The van der Waals surface area contributed by atoms with Crippen molar-refractivity contribution in [1.29, 1.82) is 0 Å². The monoisotopic (exact) mass is 708 g/mol. The number of unbranched alkanes of at least 4 members (excludes halogenated alkanes) is 24. The lowest BCUT2D eigenvalue weighted by molar-refractivity contribution is -0.00661. The molecule has 0 aliphatic carbocycles. The van der Waals surface area contributed by atoms with Gasteiger partial charge in [-0.2, -0.15) is 0 Å². The van der Waals surface area contributed by atoms with Gasteiger partial charge in [-0.3, -0.25) is 4.90 Å². The molecule has 0 aromatic carbocycles. The topological polar surface area (TPSA) is 40.2 Å². The Hall–Kier alpha value is -0.720. The quantitative estimate of drug-likeness (QED) is 0.0466. The van der Waals surface area contributed by atoms with Crippen molar-refractivity contribution >= 4 is 0 Å². The van der Waals surface area contributed by atoms with Crippen LogP contribution in [-0.4, -0.2) is 77.9 Å². The van der Waals surface area contributed by atoms with Crippen LogP contribution < -0.4 is 0 Å². The molecular formula is C45H89NO4. The zero-order valence-corrected chi connectivity index (χ0v) is 34.4. The first-order valence-corrected chi connectivity index (χ1v) is 22.0. The Bertz CT molecular complexity index is 621. The average molecular weight is 708 g/mol. The predicted molar refractivity (Wildman–Crippen MR) is 220 cm³/mol. The Balaban J connectivity index is 3.75. The summed E-state index contributed by atoms with van der Waals surface area (Å²) in [5.74, 6) is 0. The molecule has 0 aliphatic heterocycles. The van der Waals surface area contributed by atoms with E-state index in [1.54, 1.807) is 14.2 Å². The van der Waals surface area contributed by atoms with E-state index in [4.69, 9.17) is 18.9 Å². The van der Waals surface area contributed by atoms with E-state index in [9.17, 15) is 0 Å². The molecule has 0 bridgehead atoms. The van der Waals surface area contributed by atoms with Crippen LogP contribution in [0.15, 0.2) is 24.3 Å². The number of methoxy groups -OCH3 is 2. The van der Waals surface area contributed by atoms with Crippen molar-refractivity contribution in [2.75, 3.05) is 66.9 Å². The summed E-state index contributed by atoms with van der Waals surface area (Å²) >= 11 is 0. The van der Waals surface area contributed by atoms with Gasteiger partial charge in [0.2, 0.25) is 0 Å².